The Morgan fingerprint density at radius 3 is 2.68 bits per heavy atom. The first-order valence-corrected chi connectivity index (χ1v) is 13.0. The molecule has 0 spiro atoms. The Labute approximate surface area is 212 Å². The second kappa shape index (κ2) is 10.2. The van der Waals surface area contributed by atoms with Crippen molar-refractivity contribution < 1.29 is 9.47 Å². The molecule has 6 nitrogen and oxygen atoms in total. The van der Waals surface area contributed by atoms with Gasteiger partial charge in [-0.1, -0.05) is 31.2 Å². The van der Waals surface area contributed by atoms with Crippen LogP contribution < -0.4 is 9.47 Å². The van der Waals surface area contributed by atoms with E-state index >= 15 is 0 Å². The third-order valence-electron chi connectivity index (χ3n) is 6.00. The number of para-hydroxylation sites is 1. The molecule has 6 rings (SSSR count). The van der Waals surface area contributed by atoms with Crippen molar-refractivity contribution in [3.05, 3.63) is 86.4 Å². The number of imidazole rings is 2. The zero-order valence-electron chi connectivity index (χ0n) is 18.8. The minimum Gasteiger partial charge on any atom is -0.454 e. The van der Waals surface area contributed by atoms with Gasteiger partial charge in [0.25, 0.3) is 0 Å². The lowest BCUT2D eigenvalue weighted by Gasteiger charge is -2.15. The maximum absolute atomic E-state index is 5.51. The van der Waals surface area contributed by atoms with Crippen LogP contribution in [0.3, 0.4) is 0 Å². The number of thioether (sulfide) groups is 1. The van der Waals surface area contributed by atoms with Crippen LogP contribution in [-0.2, 0) is 12.8 Å². The zero-order chi connectivity index (χ0) is 23.5. The van der Waals surface area contributed by atoms with Gasteiger partial charge in [-0.3, -0.25) is 0 Å². The minimum atomic E-state index is 0.180. The van der Waals surface area contributed by atoms with Crippen molar-refractivity contribution in [1.82, 2.24) is 19.9 Å². The quantitative estimate of drug-likeness (QED) is 0.231. The Morgan fingerprint density at radius 1 is 1.03 bits per heavy atom. The van der Waals surface area contributed by atoms with Gasteiger partial charge in [-0.15, -0.1) is 11.8 Å². The van der Waals surface area contributed by atoms with E-state index in [1.165, 1.54) is 34.6 Å². The van der Waals surface area contributed by atoms with Crippen molar-refractivity contribution in [2.45, 2.75) is 37.0 Å². The SMILES string of the molecule is CC(c1c[nH]c(=S)[nH]1)c1cccc2c1OCO2.S=c1[nH]cc(Cc2ccc3c(c2)CCCS3)[nH]1. The number of fused-ring (bicyclic) bond motifs is 2. The number of hydrogen-bond donors (Lipinski definition) is 4. The third kappa shape index (κ3) is 5.16. The van der Waals surface area contributed by atoms with Crippen LogP contribution in [0.5, 0.6) is 11.5 Å². The molecule has 1 unspecified atom stereocenters. The highest BCUT2D eigenvalue weighted by atomic mass is 32.2. The van der Waals surface area contributed by atoms with Crippen LogP contribution in [0, 0.1) is 9.54 Å². The van der Waals surface area contributed by atoms with Gasteiger partial charge >= 0.3 is 0 Å². The summed E-state index contributed by atoms with van der Waals surface area (Å²) in [5.74, 6) is 3.08. The van der Waals surface area contributed by atoms with E-state index in [4.69, 9.17) is 33.9 Å². The van der Waals surface area contributed by atoms with E-state index in [-0.39, 0.29) is 5.92 Å². The molecule has 9 heteroatoms. The highest BCUT2D eigenvalue weighted by molar-refractivity contribution is 7.99. The normalized spacial score (nSPS) is 14.7. The number of rotatable bonds is 4. The summed E-state index contributed by atoms with van der Waals surface area (Å²) in [4.78, 5) is 13.7. The van der Waals surface area contributed by atoms with Crippen LogP contribution in [0.2, 0.25) is 0 Å². The van der Waals surface area contributed by atoms with Crippen LogP contribution in [-0.4, -0.2) is 32.5 Å². The molecule has 34 heavy (non-hydrogen) atoms. The summed E-state index contributed by atoms with van der Waals surface area (Å²) in [5.41, 5.74) is 6.16. The molecule has 0 saturated carbocycles. The van der Waals surface area contributed by atoms with Crippen LogP contribution >= 0.6 is 36.2 Å². The summed E-state index contributed by atoms with van der Waals surface area (Å²) in [7, 11) is 0. The first-order valence-electron chi connectivity index (χ1n) is 11.2. The highest BCUT2D eigenvalue weighted by Crippen LogP contribution is 2.40. The molecule has 4 N–H and O–H groups in total. The summed E-state index contributed by atoms with van der Waals surface area (Å²) in [6.07, 6.45) is 7.29. The topological polar surface area (TPSA) is 81.6 Å². The number of benzene rings is 2. The summed E-state index contributed by atoms with van der Waals surface area (Å²) in [5, 5.41) is 0. The van der Waals surface area contributed by atoms with Gasteiger partial charge in [0, 0.05) is 46.6 Å². The molecule has 2 aliphatic rings. The molecule has 0 amide bonds. The molecule has 176 valence electrons. The van der Waals surface area contributed by atoms with Crippen LogP contribution in [0.1, 0.15) is 47.3 Å². The van der Waals surface area contributed by atoms with Gasteiger partial charge in [-0.25, -0.2) is 0 Å². The van der Waals surface area contributed by atoms with Gasteiger partial charge in [-0.2, -0.15) is 0 Å². The van der Waals surface area contributed by atoms with Gasteiger partial charge in [0.05, 0.1) is 0 Å². The lowest BCUT2D eigenvalue weighted by atomic mass is 9.97. The molecule has 1 atom stereocenters. The second-order valence-corrected chi connectivity index (χ2v) is 10.3. The fraction of sp³-hybridized carbons (Fsp3) is 0.280. The Bertz CT molecular complexity index is 1400. The van der Waals surface area contributed by atoms with Gasteiger partial charge in [0.2, 0.25) is 6.79 Å². The molecule has 0 bridgehead atoms. The van der Waals surface area contributed by atoms with Crippen LogP contribution in [0.4, 0.5) is 0 Å². The van der Waals surface area contributed by atoms with E-state index in [1.807, 2.05) is 42.4 Å². The summed E-state index contributed by atoms with van der Waals surface area (Å²) in [6, 6.07) is 12.8. The Kier molecular flexibility index (Phi) is 6.94. The number of H-pyrrole nitrogens is 4. The molecule has 2 aromatic carbocycles. The van der Waals surface area contributed by atoms with Crippen molar-refractivity contribution in [1.29, 1.82) is 0 Å². The standard InChI is InChI=1S/C13H14N2S2.C12H12N2O2S/c16-13-14-8-11(15-13)7-9-3-4-12-10(6-9)2-1-5-17-12;1-7(9-5-13-12(17)14-9)8-3-2-4-10-11(8)16-6-15-10/h3-4,6,8H,1-2,5,7H2,(H2,14,15,16);2-5,7H,6H2,1H3,(H2,13,14,17). The predicted octanol–water partition coefficient (Wildman–Crippen LogP) is 6.65. The predicted molar refractivity (Wildman–Crippen MR) is 140 cm³/mol. The summed E-state index contributed by atoms with van der Waals surface area (Å²) < 4.78 is 12.2. The van der Waals surface area contributed by atoms with Gasteiger partial charge in [0.1, 0.15) is 0 Å². The fourth-order valence-corrected chi connectivity index (χ4v) is 5.64. The first kappa shape index (κ1) is 23.0. The number of hydrogen-bond acceptors (Lipinski definition) is 5. The molecule has 0 radical (unpaired) electrons. The highest BCUT2D eigenvalue weighted by Gasteiger charge is 2.22. The van der Waals surface area contributed by atoms with Gasteiger partial charge in [0.15, 0.2) is 21.0 Å². The van der Waals surface area contributed by atoms with E-state index in [9.17, 15) is 0 Å². The lowest BCUT2D eigenvalue weighted by Crippen LogP contribution is -2.00. The smallest absolute Gasteiger partial charge is 0.231 e. The van der Waals surface area contributed by atoms with Crippen molar-refractivity contribution >= 4 is 36.2 Å². The van der Waals surface area contributed by atoms with Crippen molar-refractivity contribution in [2.75, 3.05) is 12.5 Å². The van der Waals surface area contributed by atoms with Gasteiger partial charge in [-0.05, 0) is 66.3 Å². The van der Waals surface area contributed by atoms with E-state index in [2.05, 4.69) is 45.1 Å². The first-order chi connectivity index (χ1) is 16.6. The maximum Gasteiger partial charge on any atom is 0.231 e. The largest absolute Gasteiger partial charge is 0.454 e. The Balaban J connectivity index is 0.000000142. The maximum atomic E-state index is 5.51. The average Bonchev–Trinajstić information content (AvgIpc) is 3.60. The van der Waals surface area contributed by atoms with Crippen molar-refractivity contribution in [2.24, 2.45) is 0 Å². The van der Waals surface area contributed by atoms with Crippen LogP contribution in [0.15, 0.2) is 53.7 Å². The molecule has 2 aliphatic heterocycles. The van der Waals surface area contributed by atoms with Crippen molar-refractivity contribution in [3.63, 3.8) is 0 Å². The zero-order valence-corrected chi connectivity index (χ0v) is 21.2. The van der Waals surface area contributed by atoms with E-state index in [0.717, 1.165) is 34.9 Å². The number of nitrogens with one attached hydrogen (secondary N) is 4. The molecule has 4 aromatic rings. The molecule has 0 fully saturated rings. The van der Waals surface area contributed by atoms with E-state index < -0.39 is 0 Å². The van der Waals surface area contributed by atoms with Gasteiger partial charge < -0.3 is 29.4 Å². The number of aromatic nitrogens is 4. The molecule has 0 aliphatic carbocycles. The molecule has 2 aromatic heterocycles. The number of aromatic amines is 4. The van der Waals surface area contributed by atoms with Crippen LogP contribution in [0.25, 0.3) is 0 Å². The molecule has 4 heterocycles. The van der Waals surface area contributed by atoms with E-state index in [1.54, 1.807) is 0 Å². The minimum absolute atomic E-state index is 0.180. The third-order valence-corrected chi connectivity index (χ3v) is 7.64. The van der Waals surface area contributed by atoms with Crippen molar-refractivity contribution in [3.8, 4) is 11.5 Å². The van der Waals surface area contributed by atoms with E-state index in [0.29, 0.717) is 16.3 Å². The molecular formula is C25H26N4O2S3. The Hall–Kier alpha value is -2.75. The number of aryl methyl sites for hydroxylation is 1. The number of ether oxygens (including phenoxy) is 2. The summed E-state index contributed by atoms with van der Waals surface area (Å²) in [6.45, 7) is 2.40. The average molecular weight is 511 g/mol. The monoisotopic (exact) mass is 510 g/mol. The summed E-state index contributed by atoms with van der Waals surface area (Å²) >= 11 is 12.0. The second-order valence-electron chi connectivity index (χ2n) is 8.34. The fourth-order valence-electron chi connectivity index (χ4n) is 4.25. The molecular weight excluding hydrogens is 485 g/mol. The Morgan fingerprint density at radius 2 is 1.88 bits per heavy atom. The molecule has 0 saturated heterocycles. The lowest BCUT2D eigenvalue weighted by molar-refractivity contribution is 0.173.